The maximum Gasteiger partial charge on any atom is 0.0467 e. The molecule has 10 aromatic rings. The van der Waals surface area contributed by atoms with E-state index in [0.29, 0.717) is 0 Å². The van der Waals surface area contributed by atoms with Gasteiger partial charge in [-0.05, 0) is 192 Å². The zero-order valence-corrected chi connectivity index (χ0v) is 39.8. The molecule has 0 unspecified atom stereocenters. The fraction of sp³-hybridized carbons (Fsp3) is 0.0909. The van der Waals surface area contributed by atoms with Gasteiger partial charge < -0.3 is 9.80 Å². The van der Waals surface area contributed by atoms with Crippen LogP contribution in [-0.4, -0.2) is 0 Å². The van der Waals surface area contributed by atoms with E-state index in [1.54, 1.807) is 0 Å². The second kappa shape index (κ2) is 19.0. The van der Waals surface area contributed by atoms with Gasteiger partial charge in [0.2, 0.25) is 0 Å². The largest absolute Gasteiger partial charge is 0.310 e. The van der Waals surface area contributed by atoms with Gasteiger partial charge in [0.25, 0.3) is 0 Å². The molecule has 10 aromatic carbocycles. The SMILES string of the molecule is Cc1ccc(-c2ccc(N(c3cccc(-c4ccccc4)c3)c3cc(C)c(-c4c(C)cc(N(c5ccc(-c6ccc(C)cc6)cc5)c5cccc(-c6ccccc6)c5)cc4C)c(C)c3)cc2)cc1. The molecule has 0 saturated carbocycles. The summed E-state index contributed by atoms with van der Waals surface area (Å²) in [5.41, 5.74) is 26.3. The lowest BCUT2D eigenvalue weighted by molar-refractivity contribution is 1.23. The molecule has 68 heavy (non-hydrogen) atoms. The van der Waals surface area contributed by atoms with Crippen molar-refractivity contribution in [1.82, 2.24) is 0 Å². The van der Waals surface area contributed by atoms with Crippen LogP contribution < -0.4 is 9.80 Å². The van der Waals surface area contributed by atoms with E-state index in [1.165, 1.54) is 89.0 Å². The predicted octanol–water partition coefficient (Wildman–Crippen LogP) is 18.8. The van der Waals surface area contributed by atoms with E-state index in [4.69, 9.17) is 0 Å². The van der Waals surface area contributed by atoms with Gasteiger partial charge in [0, 0.05) is 34.1 Å². The Hall–Kier alpha value is -8.20. The van der Waals surface area contributed by atoms with E-state index in [1.807, 2.05) is 0 Å². The fourth-order valence-corrected chi connectivity index (χ4v) is 9.83. The molecule has 0 aliphatic rings. The van der Waals surface area contributed by atoms with E-state index in [9.17, 15) is 0 Å². The van der Waals surface area contributed by atoms with Crippen molar-refractivity contribution >= 4 is 34.1 Å². The Bertz CT molecular complexity index is 3070. The molecule has 0 spiro atoms. The Kier molecular flexibility index (Phi) is 12.2. The van der Waals surface area contributed by atoms with Crippen molar-refractivity contribution in [2.75, 3.05) is 9.80 Å². The van der Waals surface area contributed by atoms with E-state index in [2.05, 4.69) is 282 Å². The molecular weight excluding hydrogens is 821 g/mol. The Balaban J connectivity index is 1.05. The van der Waals surface area contributed by atoms with Crippen molar-refractivity contribution in [3.63, 3.8) is 0 Å². The highest BCUT2D eigenvalue weighted by Crippen LogP contribution is 2.45. The smallest absolute Gasteiger partial charge is 0.0467 e. The summed E-state index contributed by atoms with van der Waals surface area (Å²) in [6.07, 6.45) is 0. The summed E-state index contributed by atoms with van der Waals surface area (Å²) in [4.78, 5) is 4.81. The molecule has 330 valence electrons. The summed E-state index contributed by atoms with van der Waals surface area (Å²) in [6, 6.07) is 84.2. The summed E-state index contributed by atoms with van der Waals surface area (Å²) < 4.78 is 0. The van der Waals surface area contributed by atoms with E-state index >= 15 is 0 Å². The number of benzene rings is 10. The third kappa shape index (κ3) is 9.02. The van der Waals surface area contributed by atoms with Crippen LogP contribution in [0.2, 0.25) is 0 Å². The maximum atomic E-state index is 2.41. The van der Waals surface area contributed by atoms with Crippen LogP contribution in [0.1, 0.15) is 33.4 Å². The Morgan fingerprint density at radius 1 is 0.206 bits per heavy atom. The second-order valence-corrected chi connectivity index (χ2v) is 18.2. The highest BCUT2D eigenvalue weighted by molar-refractivity contribution is 5.88. The average Bonchev–Trinajstić information content (AvgIpc) is 3.36. The molecule has 0 amide bonds. The zero-order chi connectivity index (χ0) is 46.7. The first-order chi connectivity index (χ1) is 33.2. The molecule has 0 fully saturated rings. The van der Waals surface area contributed by atoms with Crippen molar-refractivity contribution in [2.45, 2.75) is 41.5 Å². The zero-order valence-electron chi connectivity index (χ0n) is 39.8. The Morgan fingerprint density at radius 2 is 0.485 bits per heavy atom. The summed E-state index contributed by atoms with van der Waals surface area (Å²) in [5, 5.41) is 0. The van der Waals surface area contributed by atoms with Crippen LogP contribution in [0.3, 0.4) is 0 Å². The molecular formula is C66H56N2. The van der Waals surface area contributed by atoms with Gasteiger partial charge in [-0.25, -0.2) is 0 Å². The lowest BCUT2D eigenvalue weighted by Gasteiger charge is -2.29. The highest BCUT2D eigenvalue weighted by Gasteiger charge is 2.21. The van der Waals surface area contributed by atoms with Crippen LogP contribution in [0.15, 0.2) is 231 Å². The normalized spacial score (nSPS) is 11.1. The standard InChI is InChI=1S/C66H56N2/c1-45-23-27-53(28-24-45)55-31-35-59(36-32-55)67(61-21-13-19-57(43-61)51-15-9-7-10-16-51)63-39-47(3)65(48(4)40-63)66-49(5)41-64(42-50(66)6)68(62-22-14-20-58(44-62)52-17-11-8-12-18-52)60-37-33-56(34-38-60)54-29-25-46(2)26-30-54/h7-44H,1-6H3. The third-order valence-corrected chi connectivity index (χ3v) is 13.2. The fourth-order valence-electron chi connectivity index (χ4n) is 9.83. The predicted molar refractivity (Wildman–Crippen MR) is 291 cm³/mol. The number of nitrogens with zero attached hydrogens (tertiary/aromatic N) is 2. The number of aryl methyl sites for hydroxylation is 6. The second-order valence-electron chi connectivity index (χ2n) is 18.2. The van der Waals surface area contributed by atoms with Gasteiger partial charge in [0.15, 0.2) is 0 Å². The van der Waals surface area contributed by atoms with Gasteiger partial charge >= 0.3 is 0 Å². The van der Waals surface area contributed by atoms with Crippen molar-refractivity contribution in [2.24, 2.45) is 0 Å². The molecule has 0 heterocycles. The molecule has 10 rings (SSSR count). The minimum atomic E-state index is 1.11. The monoisotopic (exact) mass is 876 g/mol. The molecule has 0 aromatic heterocycles. The topological polar surface area (TPSA) is 6.48 Å². The van der Waals surface area contributed by atoms with Crippen molar-refractivity contribution < 1.29 is 0 Å². The first-order valence-electron chi connectivity index (χ1n) is 23.7. The van der Waals surface area contributed by atoms with Gasteiger partial charge in [0.1, 0.15) is 0 Å². The minimum Gasteiger partial charge on any atom is -0.310 e. The van der Waals surface area contributed by atoms with Crippen LogP contribution in [0.4, 0.5) is 34.1 Å². The third-order valence-electron chi connectivity index (χ3n) is 13.2. The summed E-state index contributed by atoms with van der Waals surface area (Å²) >= 11 is 0. The minimum absolute atomic E-state index is 1.11. The number of anilines is 6. The summed E-state index contributed by atoms with van der Waals surface area (Å²) in [5.74, 6) is 0. The van der Waals surface area contributed by atoms with Crippen molar-refractivity contribution in [3.05, 3.63) is 264 Å². The summed E-state index contributed by atoms with van der Waals surface area (Å²) in [7, 11) is 0. The van der Waals surface area contributed by atoms with Crippen LogP contribution in [0.25, 0.3) is 55.6 Å². The first-order valence-corrected chi connectivity index (χ1v) is 23.7. The first kappa shape index (κ1) is 43.7. The quantitative estimate of drug-likeness (QED) is 0.128. The van der Waals surface area contributed by atoms with Crippen LogP contribution >= 0.6 is 0 Å². The van der Waals surface area contributed by atoms with E-state index in [0.717, 1.165) is 34.1 Å². The molecule has 0 bridgehead atoms. The molecule has 2 heteroatoms. The molecule has 0 atom stereocenters. The molecule has 0 saturated heterocycles. The van der Waals surface area contributed by atoms with Crippen molar-refractivity contribution in [3.8, 4) is 55.6 Å². The van der Waals surface area contributed by atoms with Gasteiger partial charge in [0.05, 0.1) is 0 Å². The average molecular weight is 877 g/mol. The van der Waals surface area contributed by atoms with Gasteiger partial charge in [-0.2, -0.15) is 0 Å². The van der Waals surface area contributed by atoms with Gasteiger partial charge in [-0.1, -0.05) is 169 Å². The Labute approximate surface area is 403 Å². The molecule has 0 N–H and O–H groups in total. The summed E-state index contributed by atoms with van der Waals surface area (Å²) in [6.45, 7) is 13.4. The Morgan fingerprint density at radius 3 is 0.809 bits per heavy atom. The lowest BCUT2D eigenvalue weighted by Crippen LogP contribution is -2.12. The molecule has 0 aliphatic carbocycles. The van der Waals surface area contributed by atoms with Crippen LogP contribution in [-0.2, 0) is 0 Å². The van der Waals surface area contributed by atoms with Crippen molar-refractivity contribution in [1.29, 1.82) is 0 Å². The molecule has 2 nitrogen and oxygen atoms in total. The van der Waals surface area contributed by atoms with Crippen LogP contribution in [0, 0.1) is 41.5 Å². The lowest BCUT2D eigenvalue weighted by atomic mass is 9.88. The number of rotatable bonds is 11. The van der Waals surface area contributed by atoms with E-state index < -0.39 is 0 Å². The number of hydrogen-bond acceptors (Lipinski definition) is 2. The molecule has 0 radical (unpaired) electrons. The number of hydrogen-bond donors (Lipinski definition) is 0. The van der Waals surface area contributed by atoms with E-state index in [-0.39, 0.29) is 0 Å². The maximum absolute atomic E-state index is 2.41. The van der Waals surface area contributed by atoms with Gasteiger partial charge in [-0.3, -0.25) is 0 Å². The van der Waals surface area contributed by atoms with Crippen LogP contribution in [0.5, 0.6) is 0 Å². The molecule has 0 aliphatic heterocycles. The highest BCUT2D eigenvalue weighted by atomic mass is 15.1. The van der Waals surface area contributed by atoms with Gasteiger partial charge in [-0.15, -0.1) is 0 Å².